The van der Waals surface area contributed by atoms with Gasteiger partial charge in [-0.15, -0.1) is 0 Å². The maximum Gasteiger partial charge on any atom is 0.268 e. The van der Waals surface area contributed by atoms with Gasteiger partial charge in [-0.25, -0.2) is 18.1 Å². The number of hydrogen-bond donors (Lipinski definition) is 3. The molecule has 1 aromatic heterocycles. The summed E-state index contributed by atoms with van der Waals surface area (Å²) in [7, 11) is -4.30. The molecule has 1 unspecified atom stereocenters. The highest BCUT2D eigenvalue weighted by atomic mass is 32.2. The molecule has 0 bridgehead atoms. The van der Waals surface area contributed by atoms with E-state index < -0.39 is 22.2 Å². The molecule has 3 N–H and O–H groups in total. The van der Waals surface area contributed by atoms with Crippen molar-refractivity contribution in [3.8, 4) is 17.0 Å². The van der Waals surface area contributed by atoms with Gasteiger partial charge in [0.1, 0.15) is 16.5 Å². The van der Waals surface area contributed by atoms with Gasteiger partial charge in [0.15, 0.2) is 6.23 Å². The Kier molecular flexibility index (Phi) is 7.34. The standard InChI is InChI=1S/C27H34N4O5S/c1-17(2)36-20-9-6-8-19(14-20)22-12-11-21(24(29-22)31-16-18(3)15-27(31,4)5)25(32)30-37(34,35)23-10-7-13-28-26(23)33/h6-14,17-18,26,28,33H,15-16H2,1-5H3,(H,30,32)/t18-,26?/m0/s1. The Morgan fingerprint density at radius 2 is 2.03 bits per heavy atom. The molecule has 2 aromatic rings. The van der Waals surface area contributed by atoms with Crippen LogP contribution in [-0.4, -0.2) is 48.8 Å². The number of carbonyl (C=O) groups excluding carboxylic acids is 1. The van der Waals surface area contributed by atoms with Crippen LogP contribution in [0.25, 0.3) is 11.3 Å². The van der Waals surface area contributed by atoms with Gasteiger partial charge in [-0.2, -0.15) is 0 Å². The lowest BCUT2D eigenvalue weighted by atomic mass is 9.97. The maximum atomic E-state index is 13.4. The van der Waals surface area contributed by atoms with Gasteiger partial charge in [-0.1, -0.05) is 19.1 Å². The van der Waals surface area contributed by atoms with Crippen molar-refractivity contribution in [3.05, 3.63) is 65.2 Å². The van der Waals surface area contributed by atoms with Crippen LogP contribution in [0.2, 0.25) is 0 Å². The molecule has 1 saturated heterocycles. The third-order valence-electron chi connectivity index (χ3n) is 6.37. The lowest BCUT2D eigenvalue weighted by Crippen LogP contribution is -2.42. The number of nitrogens with one attached hydrogen (secondary N) is 2. The summed E-state index contributed by atoms with van der Waals surface area (Å²) < 4.78 is 33.8. The van der Waals surface area contributed by atoms with Gasteiger partial charge in [0.05, 0.1) is 17.4 Å². The van der Waals surface area contributed by atoms with Crippen molar-refractivity contribution in [1.82, 2.24) is 15.0 Å². The Morgan fingerprint density at radius 3 is 2.68 bits per heavy atom. The van der Waals surface area contributed by atoms with E-state index in [1.807, 2.05) is 38.1 Å². The first-order chi connectivity index (χ1) is 17.4. The molecule has 0 aliphatic carbocycles. The van der Waals surface area contributed by atoms with Crippen molar-refractivity contribution < 1.29 is 23.1 Å². The number of pyridine rings is 1. The van der Waals surface area contributed by atoms with E-state index in [9.17, 15) is 18.3 Å². The van der Waals surface area contributed by atoms with Crippen LogP contribution in [0.15, 0.2) is 59.7 Å². The summed E-state index contributed by atoms with van der Waals surface area (Å²) in [6, 6.07) is 10.9. The third-order valence-corrected chi connectivity index (χ3v) is 7.80. The first-order valence-electron chi connectivity index (χ1n) is 12.3. The predicted octanol–water partition coefficient (Wildman–Crippen LogP) is 3.54. The average Bonchev–Trinajstić information content (AvgIpc) is 3.09. The zero-order valence-electron chi connectivity index (χ0n) is 21.7. The molecule has 37 heavy (non-hydrogen) atoms. The first kappa shape index (κ1) is 26.7. The molecule has 4 rings (SSSR count). The number of dihydropyridines is 1. The number of benzene rings is 1. The molecule has 9 nitrogen and oxygen atoms in total. The molecule has 0 saturated carbocycles. The number of anilines is 1. The second kappa shape index (κ2) is 10.2. The number of amides is 1. The Hall–Kier alpha value is -3.37. The molecule has 10 heteroatoms. The van der Waals surface area contributed by atoms with Gasteiger partial charge in [0.2, 0.25) is 0 Å². The van der Waals surface area contributed by atoms with Crippen molar-refractivity contribution in [2.45, 2.75) is 58.9 Å². The quantitative estimate of drug-likeness (QED) is 0.501. The highest BCUT2D eigenvalue weighted by Crippen LogP contribution is 2.38. The summed E-state index contributed by atoms with van der Waals surface area (Å²) in [5.41, 5.74) is 1.30. The number of allylic oxidation sites excluding steroid dienone is 2. The smallest absolute Gasteiger partial charge is 0.268 e. The van der Waals surface area contributed by atoms with Crippen LogP contribution in [0.3, 0.4) is 0 Å². The van der Waals surface area contributed by atoms with Crippen LogP contribution in [-0.2, 0) is 10.0 Å². The molecule has 2 atom stereocenters. The van der Waals surface area contributed by atoms with Crippen molar-refractivity contribution in [1.29, 1.82) is 0 Å². The fraction of sp³-hybridized carbons (Fsp3) is 0.407. The third kappa shape index (κ3) is 5.80. The first-order valence-corrected chi connectivity index (χ1v) is 13.8. The molecule has 1 aromatic carbocycles. The van der Waals surface area contributed by atoms with E-state index in [-0.39, 0.29) is 22.1 Å². The van der Waals surface area contributed by atoms with E-state index in [0.29, 0.717) is 29.7 Å². The van der Waals surface area contributed by atoms with E-state index in [0.717, 1.165) is 12.0 Å². The fourth-order valence-corrected chi connectivity index (χ4v) is 5.98. The van der Waals surface area contributed by atoms with Crippen LogP contribution in [0, 0.1) is 5.92 Å². The van der Waals surface area contributed by atoms with Crippen LogP contribution in [0.1, 0.15) is 51.4 Å². The van der Waals surface area contributed by atoms with Gasteiger partial charge < -0.3 is 20.1 Å². The zero-order valence-corrected chi connectivity index (χ0v) is 22.5. The molecule has 1 fully saturated rings. The van der Waals surface area contributed by atoms with Gasteiger partial charge in [-0.05, 0) is 82.7 Å². The maximum absolute atomic E-state index is 13.4. The monoisotopic (exact) mass is 526 g/mol. The Balaban J connectivity index is 1.75. The molecular formula is C27H34N4O5S. The van der Waals surface area contributed by atoms with Crippen LogP contribution in [0.5, 0.6) is 5.75 Å². The summed E-state index contributed by atoms with van der Waals surface area (Å²) in [5, 5.41) is 12.6. The summed E-state index contributed by atoms with van der Waals surface area (Å²) in [6.45, 7) is 10.9. The van der Waals surface area contributed by atoms with Crippen LogP contribution >= 0.6 is 0 Å². The van der Waals surface area contributed by atoms with E-state index in [4.69, 9.17) is 9.72 Å². The summed E-state index contributed by atoms with van der Waals surface area (Å²) in [4.78, 5) is 20.0. The number of rotatable bonds is 7. The average molecular weight is 527 g/mol. The Morgan fingerprint density at radius 1 is 1.27 bits per heavy atom. The number of sulfonamides is 1. The molecular weight excluding hydrogens is 492 g/mol. The zero-order chi connectivity index (χ0) is 27.0. The normalized spacial score (nSPS) is 20.9. The molecule has 2 aliphatic rings. The Labute approximate surface area is 218 Å². The summed E-state index contributed by atoms with van der Waals surface area (Å²) in [5.74, 6) is 0.666. The molecule has 0 spiro atoms. The molecule has 3 heterocycles. The highest BCUT2D eigenvalue weighted by molar-refractivity contribution is 7.94. The van der Waals surface area contributed by atoms with Crippen molar-refractivity contribution in [3.63, 3.8) is 0 Å². The summed E-state index contributed by atoms with van der Waals surface area (Å²) >= 11 is 0. The van der Waals surface area contributed by atoms with Crippen LogP contribution < -0.4 is 19.7 Å². The Bertz CT molecular complexity index is 1350. The number of nitrogens with zero attached hydrogens (tertiary/aromatic N) is 2. The predicted molar refractivity (Wildman–Crippen MR) is 143 cm³/mol. The van der Waals surface area contributed by atoms with Crippen molar-refractivity contribution in [2.75, 3.05) is 11.4 Å². The minimum Gasteiger partial charge on any atom is -0.491 e. The van der Waals surface area contributed by atoms with E-state index >= 15 is 0 Å². The van der Waals surface area contributed by atoms with Gasteiger partial charge in [0.25, 0.3) is 15.9 Å². The molecule has 0 radical (unpaired) electrons. The van der Waals surface area contributed by atoms with E-state index in [1.54, 1.807) is 12.1 Å². The molecule has 198 valence electrons. The number of carbonyl (C=O) groups is 1. The second-order valence-corrected chi connectivity index (χ2v) is 12.1. The number of hydrogen-bond acceptors (Lipinski definition) is 8. The van der Waals surface area contributed by atoms with E-state index in [2.05, 4.69) is 35.7 Å². The number of aromatic nitrogens is 1. The lowest BCUT2D eigenvalue weighted by molar-refractivity contribution is 0.0981. The second-order valence-electron chi connectivity index (χ2n) is 10.4. The fourth-order valence-electron chi connectivity index (χ4n) is 4.89. The van der Waals surface area contributed by atoms with Crippen molar-refractivity contribution >= 4 is 21.7 Å². The minimum atomic E-state index is -4.30. The van der Waals surface area contributed by atoms with E-state index in [1.165, 1.54) is 18.4 Å². The van der Waals surface area contributed by atoms with Crippen molar-refractivity contribution in [2.24, 2.45) is 5.92 Å². The lowest BCUT2D eigenvalue weighted by Gasteiger charge is -2.34. The van der Waals surface area contributed by atoms with Gasteiger partial charge >= 0.3 is 0 Å². The van der Waals surface area contributed by atoms with Crippen LogP contribution in [0.4, 0.5) is 5.82 Å². The number of aliphatic hydroxyl groups excluding tert-OH is 1. The number of aliphatic hydroxyl groups is 1. The SMILES string of the molecule is CC(C)Oc1cccc(-c2ccc(C(=O)NS(=O)(=O)C3=CC=CNC3O)c(N3C[C@@H](C)CC3(C)C)n2)c1. The number of ether oxygens (including phenoxy) is 1. The topological polar surface area (TPSA) is 121 Å². The summed E-state index contributed by atoms with van der Waals surface area (Å²) in [6.07, 6.45) is 3.57. The van der Waals surface area contributed by atoms with Gasteiger partial charge in [0, 0.05) is 17.6 Å². The molecule has 2 aliphatic heterocycles. The largest absolute Gasteiger partial charge is 0.491 e. The minimum absolute atomic E-state index is 0.0159. The molecule has 1 amide bonds. The highest BCUT2D eigenvalue weighted by Gasteiger charge is 2.39. The van der Waals surface area contributed by atoms with Gasteiger partial charge in [-0.3, -0.25) is 4.79 Å².